The van der Waals surface area contributed by atoms with Crippen LogP contribution in [0, 0.1) is 16.7 Å². The van der Waals surface area contributed by atoms with Crippen molar-refractivity contribution in [2.75, 3.05) is 6.61 Å². The molecule has 3 rings (SSSR count). The van der Waals surface area contributed by atoms with Crippen LogP contribution in [-0.4, -0.2) is 30.1 Å². The van der Waals surface area contributed by atoms with Crippen molar-refractivity contribution in [3.05, 3.63) is 34.4 Å². The number of carbonyl (C=O) groups is 2. The third-order valence-corrected chi connectivity index (χ3v) is 7.81. The molecule has 0 saturated heterocycles. The smallest absolute Gasteiger partial charge is 0.331 e. The number of aliphatic hydroxyl groups excluding tert-OH is 1. The normalized spacial score (nSPS) is 32.0. The Morgan fingerprint density at radius 2 is 2.07 bits per heavy atom. The summed E-state index contributed by atoms with van der Waals surface area (Å²) in [5.41, 5.74) is 5.04. The zero-order valence-corrected chi connectivity index (χ0v) is 18.4. The van der Waals surface area contributed by atoms with Gasteiger partial charge in [-0.05, 0) is 67.8 Å². The Labute approximate surface area is 175 Å². The first-order valence-electron chi connectivity index (χ1n) is 11.1. The van der Waals surface area contributed by atoms with Crippen molar-refractivity contribution in [2.45, 2.75) is 85.2 Å². The highest BCUT2D eigenvalue weighted by Gasteiger charge is 2.49. The molecule has 3 atom stereocenters. The molecule has 0 amide bonds. The first kappa shape index (κ1) is 22.0. The second kappa shape index (κ2) is 8.59. The lowest BCUT2D eigenvalue weighted by atomic mass is 9.50. The SMILES string of the molecule is CC1=C(CC/C(C=O)=C\C[C@H]2OC(=O)C=C2CO)[C@@]2(C)CCCC(C)(C)[C@@H]2CC1. The number of aldehydes is 1. The topological polar surface area (TPSA) is 63.6 Å². The average Bonchev–Trinajstić information content (AvgIpc) is 3.02. The van der Waals surface area contributed by atoms with Gasteiger partial charge in [-0.15, -0.1) is 0 Å². The van der Waals surface area contributed by atoms with Crippen molar-refractivity contribution in [1.29, 1.82) is 0 Å². The lowest BCUT2D eigenvalue weighted by molar-refractivity contribution is -0.138. The van der Waals surface area contributed by atoms with Gasteiger partial charge >= 0.3 is 5.97 Å². The molecule has 0 aromatic carbocycles. The standard InChI is InChI=1S/C25H36O4/c1-17-6-11-22-24(2,3)12-5-13-25(22,4)20(17)9-7-18(15-26)8-10-21-19(16-27)14-23(28)29-21/h8,14-15,21-22,27H,5-7,9-13,16H2,1-4H3/b18-8+/t21-,22+,25-/m1/s1. The number of hydrogen-bond donors (Lipinski definition) is 1. The summed E-state index contributed by atoms with van der Waals surface area (Å²) >= 11 is 0. The molecule has 1 aliphatic heterocycles. The molecule has 160 valence electrons. The number of carbonyl (C=O) groups excluding carboxylic acids is 2. The summed E-state index contributed by atoms with van der Waals surface area (Å²) in [5.74, 6) is 0.295. The summed E-state index contributed by atoms with van der Waals surface area (Å²) in [7, 11) is 0. The highest BCUT2D eigenvalue weighted by atomic mass is 16.5. The lowest BCUT2D eigenvalue weighted by Crippen LogP contribution is -2.45. The third-order valence-electron chi connectivity index (χ3n) is 7.81. The number of hydrogen-bond acceptors (Lipinski definition) is 4. The Morgan fingerprint density at radius 3 is 2.76 bits per heavy atom. The predicted octanol–water partition coefficient (Wildman–Crippen LogP) is 5.07. The second-order valence-electron chi connectivity index (χ2n) is 10.0. The maximum Gasteiger partial charge on any atom is 0.331 e. The Bertz CT molecular complexity index is 755. The van der Waals surface area contributed by atoms with Crippen LogP contribution in [0.15, 0.2) is 34.4 Å². The molecule has 4 heteroatoms. The van der Waals surface area contributed by atoms with Crippen LogP contribution in [0.4, 0.5) is 0 Å². The highest BCUT2D eigenvalue weighted by molar-refractivity contribution is 5.86. The van der Waals surface area contributed by atoms with E-state index in [2.05, 4.69) is 27.7 Å². The molecule has 0 spiro atoms. The molecule has 4 nitrogen and oxygen atoms in total. The van der Waals surface area contributed by atoms with E-state index >= 15 is 0 Å². The molecule has 1 fully saturated rings. The molecule has 0 radical (unpaired) electrons. The van der Waals surface area contributed by atoms with Gasteiger partial charge < -0.3 is 9.84 Å². The quantitative estimate of drug-likeness (QED) is 0.280. The molecule has 2 aliphatic carbocycles. The van der Waals surface area contributed by atoms with Crippen molar-refractivity contribution < 1.29 is 19.4 Å². The van der Waals surface area contributed by atoms with Gasteiger partial charge in [0.25, 0.3) is 0 Å². The van der Waals surface area contributed by atoms with Crippen molar-refractivity contribution in [1.82, 2.24) is 0 Å². The van der Waals surface area contributed by atoms with Gasteiger partial charge in [0.1, 0.15) is 12.4 Å². The molecule has 29 heavy (non-hydrogen) atoms. The van der Waals surface area contributed by atoms with Gasteiger partial charge in [0.2, 0.25) is 0 Å². The fraction of sp³-hybridized carbons (Fsp3) is 0.680. The number of rotatable bonds is 7. The van der Waals surface area contributed by atoms with Crippen LogP contribution in [0.3, 0.4) is 0 Å². The average molecular weight is 401 g/mol. The van der Waals surface area contributed by atoms with Gasteiger partial charge in [-0.3, -0.25) is 4.79 Å². The van der Waals surface area contributed by atoms with Crippen LogP contribution < -0.4 is 0 Å². The van der Waals surface area contributed by atoms with Gasteiger partial charge in [-0.25, -0.2) is 4.79 Å². The minimum Gasteiger partial charge on any atom is -0.454 e. The van der Waals surface area contributed by atoms with E-state index in [0.29, 0.717) is 23.3 Å². The second-order valence-corrected chi connectivity index (χ2v) is 10.0. The maximum absolute atomic E-state index is 11.7. The Kier molecular flexibility index (Phi) is 6.52. The monoisotopic (exact) mass is 400 g/mol. The van der Waals surface area contributed by atoms with E-state index in [9.17, 15) is 14.7 Å². The number of fused-ring (bicyclic) bond motifs is 1. The molecule has 0 unspecified atom stereocenters. The molecule has 1 heterocycles. The zero-order valence-electron chi connectivity index (χ0n) is 18.4. The Hall–Kier alpha value is -1.68. The number of aliphatic hydroxyl groups is 1. The van der Waals surface area contributed by atoms with Gasteiger partial charge in [-0.2, -0.15) is 0 Å². The Morgan fingerprint density at radius 1 is 1.31 bits per heavy atom. The van der Waals surface area contributed by atoms with Crippen LogP contribution in [0.2, 0.25) is 0 Å². The summed E-state index contributed by atoms with van der Waals surface area (Å²) in [6.07, 6.45) is 12.1. The molecule has 1 N–H and O–H groups in total. The first-order valence-corrected chi connectivity index (χ1v) is 11.1. The number of cyclic esters (lactones) is 1. The highest BCUT2D eigenvalue weighted by Crippen LogP contribution is 2.60. The first-order chi connectivity index (χ1) is 13.7. The molecular weight excluding hydrogens is 364 g/mol. The van der Waals surface area contributed by atoms with Crippen molar-refractivity contribution >= 4 is 12.3 Å². The Balaban J connectivity index is 1.70. The molecule has 0 aromatic heterocycles. The van der Waals surface area contributed by atoms with Crippen molar-refractivity contribution in [2.24, 2.45) is 16.7 Å². The summed E-state index contributed by atoms with van der Waals surface area (Å²) < 4.78 is 5.22. The fourth-order valence-electron chi connectivity index (χ4n) is 6.27. The number of esters is 1. The summed E-state index contributed by atoms with van der Waals surface area (Å²) in [6, 6.07) is 0. The van der Waals surface area contributed by atoms with Gasteiger partial charge in [0.15, 0.2) is 0 Å². The largest absolute Gasteiger partial charge is 0.454 e. The molecule has 1 saturated carbocycles. The van der Waals surface area contributed by atoms with Gasteiger partial charge in [-0.1, -0.05) is 44.4 Å². The summed E-state index contributed by atoms with van der Waals surface area (Å²) in [4.78, 5) is 23.1. The van der Waals surface area contributed by atoms with Crippen LogP contribution in [0.1, 0.15) is 79.1 Å². The number of ether oxygens (including phenoxy) is 1. The number of allylic oxidation sites excluding steroid dienone is 3. The van der Waals surface area contributed by atoms with E-state index in [4.69, 9.17) is 4.74 Å². The van der Waals surface area contributed by atoms with Crippen molar-refractivity contribution in [3.63, 3.8) is 0 Å². The van der Waals surface area contributed by atoms with Crippen LogP contribution in [0.25, 0.3) is 0 Å². The molecule has 0 bridgehead atoms. The van der Waals surface area contributed by atoms with E-state index < -0.39 is 12.1 Å². The molecule has 0 aromatic rings. The minimum atomic E-state index is -0.445. The van der Waals surface area contributed by atoms with E-state index in [-0.39, 0.29) is 12.0 Å². The fourth-order valence-corrected chi connectivity index (χ4v) is 6.27. The predicted molar refractivity (Wildman–Crippen MR) is 114 cm³/mol. The van der Waals surface area contributed by atoms with E-state index in [1.165, 1.54) is 43.8 Å². The molecule has 3 aliphatic rings. The molecular formula is C25H36O4. The van der Waals surface area contributed by atoms with Crippen molar-refractivity contribution in [3.8, 4) is 0 Å². The summed E-state index contributed by atoms with van der Waals surface area (Å²) in [6.45, 7) is 9.40. The van der Waals surface area contributed by atoms with Gasteiger partial charge in [0, 0.05) is 18.1 Å². The maximum atomic E-state index is 11.7. The zero-order chi connectivity index (χ0) is 21.2. The van der Waals surface area contributed by atoms with E-state index in [0.717, 1.165) is 24.7 Å². The van der Waals surface area contributed by atoms with E-state index in [1.54, 1.807) is 5.57 Å². The van der Waals surface area contributed by atoms with Gasteiger partial charge in [0.05, 0.1) is 6.61 Å². The van der Waals surface area contributed by atoms with Crippen LogP contribution >= 0.6 is 0 Å². The lowest BCUT2D eigenvalue weighted by Gasteiger charge is -2.55. The summed E-state index contributed by atoms with van der Waals surface area (Å²) in [5, 5.41) is 9.36. The third kappa shape index (κ3) is 4.42. The van der Waals surface area contributed by atoms with Crippen LogP contribution in [-0.2, 0) is 14.3 Å². The van der Waals surface area contributed by atoms with Crippen LogP contribution in [0.5, 0.6) is 0 Å². The minimum absolute atomic E-state index is 0.192. The van der Waals surface area contributed by atoms with E-state index in [1.807, 2.05) is 6.08 Å².